The zero-order valence-electron chi connectivity index (χ0n) is 20.5. The highest BCUT2D eigenvalue weighted by Crippen LogP contribution is 2.47. The van der Waals surface area contributed by atoms with E-state index in [0.717, 1.165) is 27.9 Å². The third kappa shape index (κ3) is 4.21. The molecular formula is C28H29N3O4S. The number of para-hydroxylation sites is 1. The van der Waals surface area contributed by atoms with E-state index in [2.05, 4.69) is 21.6 Å². The number of ether oxygens (including phenoxy) is 2. The Hall–Kier alpha value is -3.46. The van der Waals surface area contributed by atoms with Crippen molar-refractivity contribution in [1.82, 2.24) is 10.2 Å². The number of anilines is 1. The van der Waals surface area contributed by atoms with Gasteiger partial charge < -0.3 is 14.6 Å². The Bertz CT molecular complexity index is 1350. The number of carbonyl (C=O) groups excluding carboxylic acids is 1. The molecule has 1 aliphatic heterocycles. The predicted molar refractivity (Wildman–Crippen MR) is 141 cm³/mol. The largest absolute Gasteiger partial charge is 0.491 e. The topological polar surface area (TPSA) is 87.7 Å². The van der Waals surface area contributed by atoms with E-state index in [4.69, 9.17) is 9.47 Å². The van der Waals surface area contributed by atoms with Crippen molar-refractivity contribution >= 4 is 22.9 Å². The number of aromatic amines is 1. The van der Waals surface area contributed by atoms with Crippen LogP contribution in [0.3, 0.4) is 0 Å². The predicted octanol–water partition coefficient (Wildman–Crippen LogP) is 5.18. The molecule has 8 heteroatoms. The van der Waals surface area contributed by atoms with Gasteiger partial charge in [0.2, 0.25) is 0 Å². The minimum atomic E-state index is -0.646. The average Bonchev–Trinajstić information content (AvgIpc) is 3.63. The van der Waals surface area contributed by atoms with Gasteiger partial charge in [0.1, 0.15) is 18.1 Å². The first-order valence-corrected chi connectivity index (χ1v) is 12.8. The Morgan fingerprint density at radius 3 is 2.56 bits per heavy atom. The molecule has 186 valence electrons. The number of nitrogens with zero attached hydrogens (tertiary/aromatic N) is 2. The van der Waals surface area contributed by atoms with E-state index in [0.29, 0.717) is 30.4 Å². The van der Waals surface area contributed by atoms with Crippen LogP contribution in [0.15, 0.2) is 65.4 Å². The molecule has 0 radical (unpaired) electrons. The molecule has 2 aromatic heterocycles. The van der Waals surface area contributed by atoms with Crippen molar-refractivity contribution in [2.75, 3.05) is 31.8 Å². The van der Waals surface area contributed by atoms with Crippen LogP contribution >= 0.6 is 11.3 Å². The fourth-order valence-corrected chi connectivity index (χ4v) is 5.28. The van der Waals surface area contributed by atoms with Crippen LogP contribution in [0.1, 0.15) is 47.2 Å². The minimum Gasteiger partial charge on any atom is -0.491 e. The monoisotopic (exact) mass is 503 g/mol. The molecule has 2 N–H and O–H groups in total. The molecule has 5 rings (SSSR count). The quantitative estimate of drug-likeness (QED) is 0.307. The van der Waals surface area contributed by atoms with Crippen molar-refractivity contribution in [3.63, 3.8) is 0 Å². The number of carbonyl (C=O) groups is 1. The number of hydrogen-bond acceptors (Lipinski definition) is 6. The summed E-state index contributed by atoms with van der Waals surface area (Å²) >= 11 is 1.65. The molecule has 0 spiro atoms. The van der Waals surface area contributed by atoms with Gasteiger partial charge in [-0.2, -0.15) is 16.4 Å². The van der Waals surface area contributed by atoms with Crippen LogP contribution in [0.25, 0.3) is 11.1 Å². The number of H-pyrrole nitrogens is 1. The minimum absolute atomic E-state index is 0.105. The Labute approximate surface area is 214 Å². The number of aliphatic hydroxyl groups is 1. The van der Waals surface area contributed by atoms with E-state index in [-0.39, 0.29) is 12.5 Å². The molecule has 1 atom stereocenters. The number of thiophene rings is 1. The number of methoxy groups -OCH3 is 1. The van der Waals surface area contributed by atoms with Gasteiger partial charge in [0, 0.05) is 29.3 Å². The Balaban J connectivity index is 1.64. The molecule has 36 heavy (non-hydrogen) atoms. The third-order valence-electron chi connectivity index (χ3n) is 6.56. The van der Waals surface area contributed by atoms with Crippen LogP contribution < -0.4 is 9.64 Å². The van der Waals surface area contributed by atoms with Gasteiger partial charge in [0.05, 0.1) is 24.9 Å². The van der Waals surface area contributed by atoms with E-state index in [9.17, 15) is 9.90 Å². The molecule has 0 bridgehead atoms. The van der Waals surface area contributed by atoms with Gasteiger partial charge in [0.25, 0.3) is 5.91 Å². The highest BCUT2D eigenvalue weighted by Gasteiger charge is 2.46. The summed E-state index contributed by atoms with van der Waals surface area (Å²) in [4.78, 5) is 15.6. The zero-order chi connectivity index (χ0) is 25.3. The summed E-state index contributed by atoms with van der Waals surface area (Å²) in [5, 5.41) is 21.7. The summed E-state index contributed by atoms with van der Waals surface area (Å²) in [5.41, 5.74) is 5.08. The van der Waals surface area contributed by atoms with E-state index in [1.165, 1.54) is 0 Å². The normalized spacial score (nSPS) is 15.4. The molecule has 1 unspecified atom stereocenters. The van der Waals surface area contributed by atoms with Gasteiger partial charge in [-0.3, -0.25) is 14.8 Å². The van der Waals surface area contributed by atoms with Crippen LogP contribution in [0.4, 0.5) is 5.69 Å². The molecule has 0 fully saturated rings. The molecule has 0 saturated carbocycles. The fraction of sp³-hybridized carbons (Fsp3) is 0.286. The first kappa shape index (κ1) is 24.2. The molecule has 2 aromatic carbocycles. The lowest BCUT2D eigenvalue weighted by Gasteiger charge is -2.30. The second kappa shape index (κ2) is 9.89. The highest BCUT2D eigenvalue weighted by atomic mass is 32.1. The number of fused-ring (bicyclic) bond motifs is 1. The average molecular weight is 504 g/mol. The molecule has 4 aromatic rings. The maximum Gasteiger partial charge on any atom is 0.277 e. The maximum absolute atomic E-state index is 13.8. The number of amides is 1. The number of rotatable bonds is 9. The highest BCUT2D eigenvalue weighted by molar-refractivity contribution is 7.08. The SMILES string of the molecule is COCCOc1ccccc1C1c2c(C(C)(C)CO)n[nH]c2C(=O)N1c1ccc(-c2ccsc2)cc1. The lowest BCUT2D eigenvalue weighted by atomic mass is 9.84. The second-order valence-electron chi connectivity index (χ2n) is 9.42. The molecule has 3 heterocycles. The summed E-state index contributed by atoms with van der Waals surface area (Å²) in [6.45, 7) is 4.57. The van der Waals surface area contributed by atoms with Crippen LogP contribution in [-0.2, 0) is 10.2 Å². The van der Waals surface area contributed by atoms with Gasteiger partial charge in [-0.1, -0.05) is 44.2 Å². The van der Waals surface area contributed by atoms with Gasteiger partial charge in [-0.15, -0.1) is 0 Å². The van der Waals surface area contributed by atoms with Gasteiger partial charge in [-0.05, 0) is 46.2 Å². The Morgan fingerprint density at radius 1 is 1.08 bits per heavy atom. The van der Waals surface area contributed by atoms with Gasteiger partial charge in [0.15, 0.2) is 0 Å². The maximum atomic E-state index is 13.8. The summed E-state index contributed by atoms with van der Waals surface area (Å²) < 4.78 is 11.2. The van der Waals surface area contributed by atoms with Crippen molar-refractivity contribution in [3.05, 3.63) is 87.9 Å². The van der Waals surface area contributed by atoms with E-state index >= 15 is 0 Å². The summed E-state index contributed by atoms with van der Waals surface area (Å²) in [6.07, 6.45) is 0. The standard InChI is InChI=1S/C28H29N3O4S/c1-28(2,17-32)26-23-24(29-30-26)27(33)31(20-10-8-18(9-11-20)19-12-15-36-16-19)25(23)21-6-4-5-7-22(21)35-14-13-34-3/h4-12,15-16,25,32H,13-14,17H2,1-3H3,(H,29,30). The summed E-state index contributed by atoms with van der Waals surface area (Å²) in [6, 6.07) is 17.4. The van der Waals surface area contributed by atoms with E-state index in [1.54, 1.807) is 23.3 Å². The Kier molecular flexibility index (Phi) is 6.66. The van der Waals surface area contributed by atoms with E-state index in [1.807, 2.05) is 67.8 Å². The molecule has 0 aliphatic carbocycles. The van der Waals surface area contributed by atoms with Crippen LogP contribution in [0.2, 0.25) is 0 Å². The molecule has 0 saturated heterocycles. The summed E-state index contributed by atoms with van der Waals surface area (Å²) in [5.74, 6) is 0.506. The number of aromatic nitrogens is 2. The first-order valence-electron chi connectivity index (χ1n) is 11.8. The zero-order valence-corrected chi connectivity index (χ0v) is 21.3. The molecule has 1 aliphatic rings. The fourth-order valence-electron chi connectivity index (χ4n) is 4.61. The molecule has 1 amide bonds. The lowest BCUT2D eigenvalue weighted by molar-refractivity contribution is 0.0988. The van der Waals surface area contributed by atoms with Crippen LogP contribution in [0.5, 0.6) is 5.75 Å². The number of aliphatic hydroxyl groups excluding tert-OH is 1. The van der Waals surface area contributed by atoms with Crippen molar-refractivity contribution in [1.29, 1.82) is 0 Å². The smallest absolute Gasteiger partial charge is 0.277 e. The van der Waals surface area contributed by atoms with E-state index < -0.39 is 11.5 Å². The number of hydrogen-bond donors (Lipinski definition) is 2. The van der Waals surface area contributed by atoms with Crippen molar-refractivity contribution in [2.45, 2.75) is 25.3 Å². The van der Waals surface area contributed by atoms with Crippen LogP contribution in [-0.4, -0.2) is 48.1 Å². The lowest BCUT2D eigenvalue weighted by Crippen LogP contribution is -2.31. The Morgan fingerprint density at radius 2 is 1.86 bits per heavy atom. The van der Waals surface area contributed by atoms with Crippen molar-refractivity contribution in [2.24, 2.45) is 0 Å². The van der Waals surface area contributed by atoms with Gasteiger partial charge >= 0.3 is 0 Å². The summed E-state index contributed by atoms with van der Waals surface area (Å²) in [7, 11) is 1.63. The number of nitrogens with one attached hydrogen (secondary N) is 1. The van der Waals surface area contributed by atoms with Crippen molar-refractivity contribution < 1.29 is 19.4 Å². The molecular weight excluding hydrogens is 474 g/mol. The van der Waals surface area contributed by atoms with Crippen LogP contribution in [0, 0.1) is 0 Å². The molecule has 7 nitrogen and oxygen atoms in total. The van der Waals surface area contributed by atoms with Gasteiger partial charge in [-0.25, -0.2) is 0 Å². The van der Waals surface area contributed by atoms with Crippen molar-refractivity contribution in [3.8, 4) is 16.9 Å². The second-order valence-corrected chi connectivity index (χ2v) is 10.2. The number of benzene rings is 2. The third-order valence-corrected chi connectivity index (χ3v) is 7.25. The first-order chi connectivity index (χ1) is 17.5.